The lowest BCUT2D eigenvalue weighted by molar-refractivity contribution is 1.03. The molecule has 0 amide bonds. The predicted octanol–water partition coefficient (Wildman–Crippen LogP) is 3.16. The topological polar surface area (TPSA) is 61.6 Å². The van der Waals surface area contributed by atoms with Crippen molar-refractivity contribution in [3.8, 4) is 6.07 Å². The Morgan fingerprint density at radius 1 is 1.35 bits per heavy atom. The molecule has 0 atom stereocenters. The van der Waals surface area contributed by atoms with Gasteiger partial charge in [0.15, 0.2) is 5.82 Å². The zero-order valence-electron chi connectivity index (χ0n) is 9.11. The van der Waals surface area contributed by atoms with Crippen LogP contribution in [0.4, 0.5) is 11.5 Å². The smallest absolute Gasteiger partial charge is 0.171 e. The maximum Gasteiger partial charge on any atom is 0.171 e. The Balaban J connectivity index is 2.39. The van der Waals surface area contributed by atoms with Crippen molar-refractivity contribution in [1.82, 2.24) is 10.2 Å². The molecule has 0 saturated carbocycles. The van der Waals surface area contributed by atoms with Crippen LogP contribution in [0.15, 0.2) is 34.9 Å². The third kappa shape index (κ3) is 2.43. The van der Waals surface area contributed by atoms with Crippen molar-refractivity contribution in [3.63, 3.8) is 0 Å². The van der Waals surface area contributed by atoms with Crippen molar-refractivity contribution in [2.45, 2.75) is 6.92 Å². The van der Waals surface area contributed by atoms with Crippen LogP contribution in [0.25, 0.3) is 0 Å². The Morgan fingerprint density at radius 3 is 2.94 bits per heavy atom. The number of aryl methyl sites for hydroxylation is 1. The number of benzene rings is 1. The van der Waals surface area contributed by atoms with Crippen molar-refractivity contribution < 1.29 is 0 Å². The molecule has 0 radical (unpaired) electrons. The Bertz CT molecular complexity index is 589. The molecular weight excluding hydrogens is 280 g/mol. The molecule has 0 saturated heterocycles. The van der Waals surface area contributed by atoms with Gasteiger partial charge in [-0.2, -0.15) is 10.4 Å². The van der Waals surface area contributed by atoms with E-state index in [1.165, 1.54) is 6.20 Å². The molecule has 84 valence electrons. The molecule has 4 nitrogen and oxygen atoms in total. The largest absolute Gasteiger partial charge is 0.337 e. The molecular formula is C12H9BrN4. The second-order valence-electron chi connectivity index (χ2n) is 3.47. The number of nitrogens with zero attached hydrogens (tertiary/aromatic N) is 3. The summed E-state index contributed by atoms with van der Waals surface area (Å²) in [6, 6.07) is 9.54. The summed E-state index contributed by atoms with van der Waals surface area (Å²) in [7, 11) is 0. The fourth-order valence-corrected chi connectivity index (χ4v) is 1.75. The second kappa shape index (κ2) is 4.93. The van der Waals surface area contributed by atoms with Gasteiger partial charge in [-0.1, -0.05) is 12.1 Å². The summed E-state index contributed by atoms with van der Waals surface area (Å²) >= 11 is 3.49. The number of hydrogen-bond acceptors (Lipinski definition) is 4. The van der Waals surface area contributed by atoms with Gasteiger partial charge in [0.25, 0.3) is 0 Å². The van der Waals surface area contributed by atoms with E-state index < -0.39 is 0 Å². The van der Waals surface area contributed by atoms with Crippen LogP contribution in [0, 0.1) is 18.3 Å². The number of nitrogens with one attached hydrogen (secondary N) is 1. The number of hydrogen-bond donors (Lipinski definition) is 1. The van der Waals surface area contributed by atoms with E-state index in [1.807, 2.05) is 25.1 Å². The highest BCUT2D eigenvalue weighted by atomic mass is 79.9. The average Bonchev–Trinajstić information content (AvgIpc) is 2.35. The molecule has 1 heterocycles. The van der Waals surface area contributed by atoms with E-state index >= 15 is 0 Å². The first kappa shape index (κ1) is 11.6. The Hall–Kier alpha value is -1.93. The molecule has 2 rings (SSSR count). The minimum atomic E-state index is 0.460. The molecule has 0 unspecified atom stereocenters. The average molecular weight is 289 g/mol. The predicted molar refractivity (Wildman–Crippen MR) is 68.9 cm³/mol. The van der Waals surface area contributed by atoms with E-state index in [0.717, 1.165) is 15.7 Å². The summed E-state index contributed by atoms with van der Waals surface area (Å²) in [5.74, 6) is 0.460. The van der Waals surface area contributed by atoms with E-state index in [-0.39, 0.29) is 0 Å². The van der Waals surface area contributed by atoms with Gasteiger partial charge in [-0.05, 0) is 40.5 Å². The first-order valence-corrected chi connectivity index (χ1v) is 5.75. The summed E-state index contributed by atoms with van der Waals surface area (Å²) in [6.07, 6.45) is 1.50. The van der Waals surface area contributed by atoms with Crippen LogP contribution < -0.4 is 5.32 Å². The van der Waals surface area contributed by atoms with Crippen LogP contribution in [-0.2, 0) is 0 Å². The molecule has 1 aromatic carbocycles. The number of anilines is 2. The van der Waals surface area contributed by atoms with E-state index in [4.69, 9.17) is 5.26 Å². The van der Waals surface area contributed by atoms with Crippen LogP contribution in [0.1, 0.15) is 11.1 Å². The fourth-order valence-electron chi connectivity index (χ4n) is 1.39. The quantitative estimate of drug-likeness (QED) is 0.922. The number of nitriles is 1. The first-order valence-electron chi connectivity index (χ1n) is 4.96. The van der Waals surface area contributed by atoms with Gasteiger partial charge >= 0.3 is 0 Å². The summed E-state index contributed by atoms with van der Waals surface area (Å²) in [6.45, 7) is 2.00. The maximum absolute atomic E-state index is 8.95. The standard InChI is InChI=1S/C12H9BrN4/c1-8-3-2-4-10(11(8)13)16-12-9(7-14)5-6-15-17-12/h2-6H,1H3,(H,16,17). The molecule has 0 aliphatic carbocycles. The Morgan fingerprint density at radius 2 is 2.18 bits per heavy atom. The van der Waals surface area contributed by atoms with Gasteiger partial charge in [0.2, 0.25) is 0 Å². The molecule has 0 spiro atoms. The minimum Gasteiger partial charge on any atom is -0.337 e. The monoisotopic (exact) mass is 288 g/mol. The van der Waals surface area contributed by atoms with Crippen molar-refractivity contribution >= 4 is 27.4 Å². The normalized spacial score (nSPS) is 9.71. The SMILES string of the molecule is Cc1cccc(Nc2nnccc2C#N)c1Br. The van der Waals surface area contributed by atoms with E-state index in [1.54, 1.807) is 6.07 Å². The van der Waals surface area contributed by atoms with Crippen LogP contribution >= 0.6 is 15.9 Å². The lowest BCUT2D eigenvalue weighted by atomic mass is 10.2. The summed E-state index contributed by atoms with van der Waals surface area (Å²) < 4.78 is 0.953. The van der Waals surface area contributed by atoms with Gasteiger partial charge < -0.3 is 5.32 Å². The first-order chi connectivity index (χ1) is 8.22. The van der Waals surface area contributed by atoms with E-state index in [9.17, 15) is 0 Å². The zero-order chi connectivity index (χ0) is 12.3. The Kier molecular flexibility index (Phi) is 3.35. The second-order valence-corrected chi connectivity index (χ2v) is 4.26. The number of aromatic nitrogens is 2. The zero-order valence-corrected chi connectivity index (χ0v) is 10.7. The van der Waals surface area contributed by atoms with Crippen molar-refractivity contribution in [2.24, 2.45) is 0 Å². The molecule has 0 bridgehead atoms. The van der Waals surface area contributed by atoms with Gasteiger partial charge in [-0.3, -0.25) is 0 Å². The van der Waals surface area contributed by atoms with Gasteiger partial charge in [-0.25, -0.2) is 0 Å². The summed E-state index contributed by atoms with van der Waals surface area (Å²) in [4.78, 5) is 0. The number of halogens is 1. The molecule has 17 heavy (non-hydrogen) atoms. The van der Waals surface area contributed by atoms with Crippen LogP contribution in [0.2, 0.25) is 0 Å². The molecule has 1 N–H and O–H groups in total. The molecule has 2 aromatic rings. The maximum atomic E-state index is 8.95. The van der Waals surface area contributed by atoms with Crippen LogP contribution in [0.3, 0.4) is 0 Å². The third-order valence-electron chi connectivity index (χ3n) is 2.29. The van der Waals surface area contributed by atoms with Crippen molar-refractivity contribution in [2.75, 3.05) is 5.32 Å². The van der Waals surface area contributed by atoms with E-state index in [0.29, 0.717) is 11.4 Å². The lowest BCUT2D eigenvalue weighted by Crippen LogP contribution is -1.99. The molecule has 5 heteroatoms. The summed E-state index contributed by atoms with van der Waals surface area (Å²) in [5.41, 5.74) is 2.44. The highest BCUT2D eigenvalue weighted by Crippen LogP contribution is 2.28. The highest BCUT2D eigenvalue weighted by Gasteiger charge is 2.07. The van der Waals surface area contributed by atoms with Crippen molar-refractivity contribution in [3.05, 3.63) is 46.1 Å². The van der Waals surface area contributed by atoms with Gasteiger partial charge in [0, 0.05) is 4.47 Å². The summed E-state index contributed by atoms with van der Waals surface area (Å²) in [5, 5.41) is 19.7. The molecule has 0 fully saturated rings. The van der Waals surface area contributed by atoms with Crippen LogP contribution in [-0.4, -0.2) is 10.2 Å². The minimum absolute atomic E-state index is 0.460. The lowest BCUT2D eigenvalue weighted by Gasteiger charge is -2.09. The van der Waals surface area contributed by atoms with E-state index in [2.05, 4.69) is 37.5 Å². The third-order valence-corrected chi connectivity index (χ3v) is 3.34. The van der Waals surface area contributed by atoms with Gasteiger partial charge in [0.05, 0.1) is 17.4 Å². The Labute approximate surface area is 107 Å². The van der Waals surface area contributed by atoms with Gasteiger partial charge in [0.1, 0.15) is 6.07 Å². The highest BCUT2D eigenvalue weighted by molar-refractivity contribution is 9.10. The number of rotatable bonds is 2. The van der Waals surface area contributed by atoms with Gasteiger partial charge in [-0.15, -0.1) is 5.10 Å². The fraction of sp³-hybridized carbons (Fsp3) is 0.0833. The van der Waals surface area contributed by atoms with Crippen molar-refractivity contribution in [1.29, 1.82) is 5.26 Å². The van der Waals surface area contributed by atoms with Crippen LogP contribution in [0.5, 0.6) is 0 Å². The molecule has 0 aliphatic rings. The molecule has 0 aliphatic heterocycles. The molecule has 1 aromatic heterocycles.